The molecule has 0 saturated carbocycles. The number of hydrogen-bond donors (Lipinski definition) is 1. The Bertz CT molecular complexity index is 663. The monoisotopic (exact) mass is 245 g/mol. The Morgan fingerprint density at radius 3 is 3.00 bits per heavy atom. The average molecular weight is 245 g/mol. The molecule has 0 atom stereocenters. The van der Waals surface area contributed by atoms with Crippen molar-refractivity contribution >= 4 is 17.0 Å². The Balaban J connectivity index is 2.13. The SMILES string of the molecule is N#CCNC(=O)CCn1c(=O)oc2ccccc21. The van der Waals surface area contributed by atoms with Crippen LogP contribution < -0.4 is 11.1 Å². The number of para-hydroxylation sites is 2. The fraction of sp³-hybridized carbons (Fsp3) is 0.250. The molecule has 0 fully saturated rings. The summed E-state index contributed by atoms with van der Waals surface area (Å²) in [7, 11) is 0. The third kappa shape index (κ3) is 2.40. The van der Waals surface area contributed by atoms with E-state index >= 15 is 0 Å². The van der Waals surface area contributed by atoms with Crippen molar-refractivity contribution < 1.29 is 9.21 Å². The topological polar surface area (TPSA) is 88.0 Å². The Kier molecular flexibility index (Phi) is 3.44. The molecule has 6 heteroatoms. The van der Waals surface area contributed by atoms with E-state index in [1.807, 2.05) is 6.07 Å². The van der Waals surface area contributed by atoms with Gasteiger partial charge in [0.1, 0.15) is 6.54 Å². The van der Waals surface area contributed by atoms with Crippen LogP contribution in [0.1, 0.15) is 6.42 Å². The van der Waals surface area contributed by atoms with E-state index in [0.29, 0.717) is 11.1 Å². The van der Waals surface area contributed by atoms with E-state index in [2.05, 4.69) is 5.32 Å². The van der Waals surface area contributed by atoms with Crippen LogP contribution in [0.15, 0.2) is 33.5 Å². The highest BCUT2D eigenvalue weighted by Crippen LogP contribution is 2.11. The van der Waals surface area contributed by atoms with E-state index in [-0.39, 0.29) is 25.4 Å². The second kappa shape index (κ2) is 5.19. The Morgan fingerprint density at radius 2 is 2.22 bits per heavy atom. The number of fused-ring (bicyclic) bond motifs is 1. The molecule has 18 heavy (non-hydrogen) atoms. The zero-order valence-electron chi connectivity index (χ0n) is 9.55. The van der Waals surface area contributed by atoms with E-state index in [0.717, 1.165) is 0 Å². The third-order valence-electron chi connectivity index (χ3n) is 2.50. The number of hydrogen-bond acceptors (Lipinski definition) is 4. The van der Waals surface area contributed by atoms with Gasteiger partial charge in [0.2, 0.25) is 5.91 Å². The molecule has 0 aliphatic carbocycles. The van der Waals surface area contributed by atoms with Gasteiger partial charge in [-0.05, 0) is 12.1 Å². The lowest BCUT2D eigenvalue weighted by Crippen LogP contribution is -2.26. The standard InChI is InChI=1S/C12H11N3O3/c13-6-7-14-11(16)5-8-15-9-3-1-2-4-10(9)18-12(15)17/h1-4H,5,7-8H2,(H,14,16). The summed E-state index contributed by atoms with van der Waals surface area (Å²) in [5, 5.41) is 10.7. The van der Waals surface area contributed by atoms with Gasteiger partial charge in [0.25, 0.3) is 0 Å². The second-order valence-electron chi connectivity index (χ2n) is 3.67. The molecule has 1 amide bonds. The van der Waals surface area contributed by atoms with E-state index in [1.165, 1.54) is 4.57 Å². The number of nitrogens with one attached hydrogen (secondary N) is 1. The van der Waals surface area contributed by atoms with Crippen molar-refractivity contribution in [1.82, 2.24) is 9.88 Å². The summed E-state index contributed by atoms with van der Waals surface area (Å²) in [4.78, 5) is 22.9. The van der Waals surface area contributed by atoms with Crippen LogP contribution in [0.2, 0.25) is 0 Å². The van der Waals surface area contributed by atoms with Gasteiger partial charge in [0.05, 0.1) is 11.6 Å². The number of benzene rings is 1. The normalized spacial score (nSPS) is 10.2. The quantitative estimate of drug-likeness (QED) is 0.800. The molecule has 1 aromatic heterocycles. The van der Waals surface area contributed by atoms with E-state index in [4.69, 9.17) is 9.68 Å². The number of aromatic nitrogens is 1. The summed E-state index contributed by atoms with van der Waals surface area (Å²) in [6, 6.07) is 8.84. The van der Waals surface area contributed by atoms with Crippen LogP contribution in [0.25, 0.3) is 11.1 Å². The van der Waals surface area contributed by atoms with Gasteiger partial charge in [-0.25, -0.2) is 4.79 Å². The van der Waals surface area contributed by atoms with Gasteiger partial charge in [-0.15, -0.1) is 0 Å². The molecule has 1 N–H and O–H groups in total. The molecule has 0 unspecified atom stereocenters. The number of oxazole rings is 1. The summed E-state index contributed by atoms with van der Waals surface area (Å²) in [6.45, 7) is 0.201. The fourth-order valence-corrected chi connectivity index (χ4v) is 1.67. The van der Waals surface area contributed by atoms with Gasteiger partial charge in [-0.3, -0.25) is 9.36 Å². The van der Waals surface area contributed by atoms with Gasteiger partial charge >= 0.3 is 5.76 Å². The molecule has 0 bridgehead atoms. The zero-order chi connectivity index (χ0) is 13.0. The average Bonchev–Trinajstić information content (AvgIpc) is 2.69. The number of carbonyl (C=O) groups excluding carboxylic acids is 1. The van der Waals surface area contributed by atoms with Crippen LogP contribution in [-0.2, 0) is 11.3 Å². The lowest BCUT2D eigenvalue weighted by atomic mass is 10.3. The highest BCUT2D eigenvalue weighted by atomic mass is 16.4. The minimum absolute atomic E-state index is 0.0279. The van der Waals surface area contributed by atoms with Crippen molar-refractivity contribution in [3.8, 4) is 6.07 Å². The van der Waals surface area contributed by atoms with Crippen molar-refractivity contribution in [3.05, 3.63) is 34.8 Å². The lowest BCUT2D eigenvalue weighted by molar-refractivity contribution is -0.121. The van der Waals surface area contributed by atoms with Gasteiger partial charge in [0, 0.05) is 13.0 Å². The van der Waals surface area contributed by atoms with Crippen LogP contribution in [-0.4, -0.2) is 17.0 Å². The maximum Gasteiger partial charge on any atom is 0.419 e. The molecule has 0 radical (unpaired) electrons. The minimum Gasteiger partial charge on any atom is -0.408 e. The highest BCUT2D eigenvalue weighted by molar-refractivity contribution is 5.76. The van der Waals surface area contributed by atoms with Crippen molar-refractivity contribution in [3.63, 3.8) is 0 Å². The Morgan fingerprint density at radius 1 is 1.44 bits per heavy atom. The predicted octanol–water partition coefficient (Wildman–Crippen LogP) is 0.624. The summed E-state index contributed by atoms with van der Waals surface area (Å²) in [6.07, 6.45) is 0.130. The molecule has 92 valence electrons. The number of nitriles is 1. The molecule has 0 saturated heterocycles. The number of carbonyl (C=O) groups is 1. The molecule has 1 heterocycles. The molecular formula is C12H11N3O3. The number of nitrogens with zero attached hydrogens (tertiary/aromatic N) is 2. The fourth-order valence-electron chi connectivity index (χ4n) is 1.67. The first-order chi connectivity index (χ1) is 8.72. The van der Waals surface area contributed by atoms with E-state index in [9.17, 15) is 9.59 Å². The number of amides is 1. The van der Waals surface area contributed by atoms with Crippen molar-refractivity contribution in [2.24, 2.45) is 0 Å². The Hall–Kier alpha value is -2.55. The molecule has 2 aromatic rings. The second-order valence-corrected chi connectivity index (χ2v) is 3.67. The minimum atomic E-state index is -0.482. The van der Waals surface area contributed by atoms with E-state index < -0.39 is 5.76 Å². The smallest absolute Gasteiger partial charge is 0.408 e. The molecule has 0 aliphatic heterocycles. The van der Waals surface area contributed by atoms with Crippen LogP contribution in [0.5, 0.6) is 0 Å². The number of rotatable bonds is 4. The molecule has 0 aliphatic rings. The molecule has 0 spiro atoms. The van der Waals surface area contributed by atoms with Crippen LogP contribution in [0.4, 0.5) is 0 Å². The van der Waals surface area contributed by atoms with Gasteiger partial charge in [0.15, 0.2) is 5.58 Å². The first kappa shape index (κ1) is 11.9. The largest absolute Gasteiger partial charge is 0.419 e. The Labute approximate surface area is 102 Å². The summed E-state index contributed by atoms with van der Waals surface area (Å²) < 4.78 is 6.44. The van der Waals surface area contributed by atoms with E-state index in [1.54, 1.807) is 24.3 Å². The summed E-state index contributed by atoms with van der Waals surface area (Å²) in [5.74, 6) is -0.752. The summed E-state index contributed by atoms with van der Waals surface area (Å²) in [5.41, 5.74) is 1.16. The maximum absolute atomic E-state index is 11.6. The van der Waals surface area contributed by atoms with Crippen LogP contribution in [0, 0.1) is 11.3 Å². The van der Waals surface area contributed by atoms with Crippen molar-refractivity contribution in [1.29, 1.82) is 5.26 Å². The van der Waals surface area contributed by atoms with Crippen LogP contribution >= 0.6 is 0 Å². The first-order valence-corrected chi connectivity index (χ1v) is 5.44. The summed E-state index contributed by atoms with van der Waals surface area (Å²) >= 11 is 0. The maximum atomic E-state index is 11.6. The zero-order valence-corrected chi connectivity index (χ0v) is 9.55. The molecule has 2 rings (SSSR count). The van der Waals surface area contributed by atoms with Gasteiger partial charge in [-0.2, -0.15) is 5.26 Å². The van der Waals surface area contributed by atoms with Gasteiger partial charge < -0.3 is 9.73 Å². The molecular weight excluding hydrogens is 234 g/mol. The van der Waals surface area contributed by atoms with Crippen molar-refractivity contribution in [2.75, 3.05) is 6.54 Å². The molecule has 6 nitrogen and oxygen atoms in total. The lowest BCUT2D eigenvalue weighted by Gasteiger charge is -2.02. The number of aryl methyl sites for hydroxylation is 1. The predicted molar refractivity (Wildman–Crippen MR) is 63.7 cm³/mol. The van der Waals surface area contributed by atoms with Crippen molar-refractivity contribution in [2.45, 2.75) is 13.0 Å². The van der Waals surface area contributed by atoms with Gasteiger partial charge in [-0.1, -0.05) is 12.1 Å². The first-order valence-electron chi connectivity index (χ1n) is 5.44. The molecule has 1 aromatic carbocycles. The van der Waals surface area contributed by atoms with Crippen LogP contribution in [0.3, 0.4) is 0 Å². The highest BCUT2D eigenvalue weighted by Gasteiger charge is 2.09. The third-order valence-corrected chi connectivity index (χ3v) is 2.50.